The van der Waals surface area contributed by atoms with E-state index < -0.39 is 0 Å². The smallest absolute Gasteiger partial charge is 0.226 e. The van der Waals surface area contributed by atoms with Crippen LogP contribution in [-0.2, 0) is 12.8 Å². The Hall–Kier alpha value is -1.68. The Kier molecular flexibility index (Phi) is 3.89. The maximum Gasteiger partial charge on any atom is 0.226 e. The number of nitrogens with zero attached hydrogens (tertiary/aromatic N) is 2. The number of benzene rings is 1. The first-order chi connectivity index (χ1) is 9.40. The zero-order valence-corrected chi connectivity index (χ0v) is 11.0. The van der Waals surface area contributed by atoms with Gasteiger partial charge in [0, 0.05) is 12.8 Å². The molecule has 1 aliphatic rings. The minimum atomic E-state index is 0.745. The van der Waals surface area contributed by atoms with Crippen molar-refractivity contribution in [3.05, 3.63) is 47.6 Å². The summed E-state index contributed by atoms with van der Waals surface area (Å²) in [5, 5.41) is 7.43. The number of aromatic nitrogens is 2. The molecule has 0 amide bonds. The Morgan fingerprint density at radius 3 is 2.95 bits per heavy atom. The van der Waals surface area contributed by atoms with E-state index in [1.165, 1.54) is 12.0 Å². The molecule has 4 heteroatoms. The summed E-state index contributed by atoms with van der Waals surface area (Å²) in [6.45, 7) is 2.28. The van der Waals surface area contributed by atoms with E-state index in [1.807, 2.05) is 18.2 Å². The van der Waals surface area contributed by atoms with Crippen molar-refractivity contribution in [1.29, 1.82) is 0 Å². The van der Waals surface area contributed by atoms with Crippen LogP contribution >= 0.6 is 0 Å². The highest BCUT2D eigenvalue weighted by atomic mass is 16.5. The maximum atomic E-state index is 5.32. The van der Waals surface area contributed by atoms with E-state index in [1.54, 1.807) is 0 Å². The molecular weight excluding hydrogens is 238 g/mol. The van der Waals surface area contributed by atoms with Crippen molar-refractivity contribution >= 4 is 0 Å². The predicted molar refractivity (Wildman–Crippen MR) is 72.8 cm³/mol. The molecule has 0 bridgehead atoms. The molecule has 19 heavy (non-hydrogen) atoms. The van der Waals surface area contributed by atoms with Gasteiger partial charge in [0.15, 0.2) is 5.82 Å². The molecule has 0 saturated carbocycles. The van der Waals surface area contributed by atoms with E-state index >= 15 is 0 Å². The molecule has 1 fully saturated rings. The Labute approximate surface area is 113 Å². The van der Waals surface area contributed by atoms with Crippen molar-refractivity contribution in [1.82, 2.24) is 15.5 Å². The second-order valence-electron chi connectivity index (χ2n) is 5.16. The molecule has 1 aliphatic heterocycles. The van der Waals surface area contributed by atoms with E-state index in [4.69, 9.17) is 4.52 Å². The molecular formula is C15H19N3O. The Morgan fingerprint density at radius 1 is 1.26 bits per heavy atom. The number of nitrogens with one attached hydrogen (secondary N) is 1. The fraction of sp³-hybridized carbons (Fsp3) is 0.467. The molecule has 2 heterocycles. The van der Waals surface area contributed by atoms with Crippen molar-refractivity contribution in [2.45, 2.75) is 25.7 Å². The van der Waals surface area contributed by atoms with E-state index in [2.05, 4.69) is 27.6 Å². The van der Waals surface area contributed by atoms with Gasteiger partial charge in [-0.15, -0.1) is 0 Å². The first-order valence-electron chi connectivity index (χ1n) is 6.96. The minimum absolute atomic E-state index is 0.745. The largest absolute Gasteiger partial charge is 0.339 e. The molecule has 1 N–H and O–H groups in total. The monoisotopic (exact) mass is 257 g/mol. The van der Waals surface area contributed by atoms with Crippen LogP contribution in [0.4, 0.5) is 0 Å². The van der Waals surface area contributed by atoms with Crippen molar-refractivity contribution in [3.63, 3.8) is 0 Å². The SMILES string of the molecule is c1ccc(Cc2noc(CCC3CCNC3)n2)cc1. The van der Waals surface area contributed by atoms with Gasteiger partial charge in [0.1, 0.15) is 0 Å². The summed E-state index contributed by atoms with van der Waals surface area (Å²) in [7, 11) is 0. The van der Waals surface area contributed by atoms with Crippen LogP contribution in [0.25, 0.3) is 0 Å². The fourth-order valence-electron chi connectivity index (χ4n) is 2.53. The van der Waals surface area contributed by atoms with Crippen LogP contribution in [-0.4, -0.2) is 23.2 Å². The molecule has 0 aliphatic carbocycles. The van der Waals surface area contributed by atoms with Gasteiger partial charge in [-0.25, -0.2) is 0 Å². The molecule has 1 unspecified atom stereocenters. The van der Waals surface area contributed by atoms with Crippen LogP contribution in [0, 0.1) is 5.92 Å². The van der Waals surface area contributed by atoms with Crippen LogP contribution in [0.1, 0.15) is 30.1 Å². The molecule has 1 aromatic carbocycles. The lowest BCUT2D eigenvalue weighted by Crippen LogP contribution is -2.09. The van der Waals surface area contributed by atoms with Gasteiger partial charge in [0.2, 0.25) is 5.89 Å². The summed E-state index contributed by atoms with van der Waals surface area (Å²) in [4.78, 5) is 4.47. The summed E-state index contributed by atoms with van der Waals surface area (Å²) in [6, 6.07) is 10.2. The topological polar surface area (TPSA) is 51.0 Å². The quantitative estimate of drug-likeness (QED) is 0.892. The van der Waals surface area contributed by atoms with Gasteiger partial charge in [-0.05, 0) is 37.4 Å². The summed E-state index contributed by atoms with van der Waals surface area (Å²) < 4.78 is 5.32. The lowest BCUT2D eigenvalue weighted by atomic mass is 10.0. The second kappa shape index (κ2) is 5.97. The number of hydrogen-bond acceptors (Lipinski definition) is 4. The number of rotatable bonds is 5. The molecule has 3 rings (SSSR count). The molecule has 4 nitrogen and oxygen atoms in total. The van der Waals surface area contributed by atoms with E-state index in [0.717, 1.165) is 50.0 Å². The Morgan fingerprint density at radius 2 is 2.16 bits per heavy atom. The maximum absolute atomic E-state index is 5.32. The van der Waals surface area contributed by atoms with Crippen LogP contribution < -0.4 is 5.32 Å². The van der Waals surface area contributed by atoms with Crippen LogP contribution in [0.5, 0.6) is 0 Å². The summed E-state index contributed by atoms with van der Waals surface area (Å²) >= 11 is 0. The van der Waals surface area contributed by atoms with Crippen LogP contribution in [0.3, 0.4) is 0 Å². The Balaban J connectivity index is 1.54. The molecule has 1 atom stereocenters. The van der Waals surface area contributed by atoms with Crippen LogP contribution in [0.2, 0.25) is 0 Å². The highest BCUT2D eigenvalue weighted by Gasteiger charge is 2.16. The van der Waals surface area contributed by atoms with E-state index in [0.29, 0.717) is 0 Å². The molecule has 100 valence electrons. The molecule has 1 aromatic heterocycles. The van der Waals surface area contributed by atoms with E-state index in [9.17, 15) is 0 Å². The van der Waals surface area contributed by atoms with Crippen LogP contribution in [0.15, 0.2) is 34.9 Å². The zero-order valence-electron chi connectivity index (χ0n) is 11.0. The second-order valence-corrected chi connectivity index (χ2v) is 5.16. The molecule has 0 radical (unpaired) electrons. The summed E-state index contributed by atoms with van der Waals surface area (Å²) in [5.74, 6) is 2.33. The average Bonchev–Trinajstić information content (AvgIpc) is 3.09. The van der Waals surface area contributed by atoms with E-state index in [-0.39, 0.29) is 0 Å². The first-order valence-corrected chi connectivity index (χ1v) is 6.96. The average molecular weight is 257 g/mol. The third-order valence-corrected chi connectivity index (χ3v) is 3.64. The summed E-state index contributed by atoms with van der Waals surface area (Å²) in [5.41, 5.74) is 1.22. The first kappa shape index (κ1) is 12.4. The van der Waals surface area contributed by atoms with Crippen molar-refractivity contribution in [2.75, 3.05) is 13.1 Å². The third kappa shape index (κ3) is 3.41. The zero-order chi connectivity index (χ0) is 12.9. The van der Waals surface area contributed by atoms with Gasteiger partial charge >= 0.3 is 0 Å². The number of aryl methyl sites for hydroxylation is 1. The summed E-state index contributed by atoms with van der Waals surface area (Å²) in [6.07, 6.45) is 4.05. The molecule has 2 aromatic rings. The number of hydrogen-bond donors (Lipinski definition) is 1. The fourth-order valence-corrected chi connectivity index (χ4v) is 2.53. The molecule has 0 spiro atoms. The predicted octanol–water partition coefficient (Wildman–Crippen LogP) is 2.20. The lowest BCUT2D eigenvalue weighted by molar-refractivity contribution is 0.361. The van der Waals surface area contributed by atoms with Gasteiger partial charge < -0.3 is 9.84 Å². The van der Waals surface area contributed by atoms with Gasteiger partial charge in [-0.3, -0.25) is 0 Å². The standard InChI is InChI=1S/C15H19N3O/c1-2-4-12(5-3-1)10-14-17-15(19-18-14)7-6-13-8-9-16-11-13/h1-5,13,16H,6-11H2. The van der Waals surface area contributed by atoms with Gasteiger partial charge in [0.25, 0.3) is 0 Å². The van der Waals surface area contributed by atoms with Crippen molar-refractivity contribution in [3.8, 4) is 0 Å². The van der Waals surface area contributed by atoms with Crippen molar-refractivity contribution in [2.24, 2.45) is 5.92 Å². The minimum Gasteiger partial charge on any atom is -0.339 e. The molecule has 1 saturated heterocycles. The van der Waals surface area contributed by atoms with Gasteiger partial charge in [-0.1, -0.05) is 35.5 Å². The van der Waals surface area contributed by atoms with Gasteiger partial charge in [0.05, 0.1) is 0 Å². The lowest BCUT2D eigenvalue weighted by Gasteiger charge is -2.03. The highest BCUT2D eigenvalue weighted by Crippen LogP contribution is 2.15. The van der Waals surface area contributed by atoms with Crippen molar-refractivity contribution < 1.29 is 4.52 Å². The third-order valence-electron chi connectivity index (χ3n) is 3.64. The van der Waals surface area contributed by atoms with Gasteiger partial charge in [-0.2, -0.15) is 4.98 Å². The normalized spacial score (nSPS) is 18.8. The Bertz CT molecular complexity index is 503. The highest BCUT2D eigenvalue weighted by molar-refractivity contribution is 5.18.